The van der Waals surface area contributed by atoms with Crippen LogP contribution >= 0.6 is 0 Å². The number of anilines is 1. The number of methoxy groups -OCH3 is 1. The van der Waals surface area contributed by atoms with Crippen LogP contribution in [0.5, 0.6) is 0 Å². The van der Waals surface area contributed by atoms with E-state index in [9.17, 15) is 0 Å². The highest BCUT2D eigenvalue weighted by molar-refractivity contribution is 5.45. The topological polar surface area (TPSA) is 35.2 Å². The molecule has 1 atom stereocenters. The Balaban J connectivity index is 2.30. The molecule has 1 unspecified atom stereocenters. The molecule has 14 heavy (non-hydrogen) atoms. The van der Waals surface area contributed by atoms with E-state index in [1.54, 1.807) is 7.11 Å². The first-order valence-electron chi connectivity index (χ1n) is 5.08. The maximum absolute atomic E-state index is 5.78. The van der Waals surface area contributed by atoms with Gasteiger partial charge in [-0.1, -0.05) is 12.1 Å². The summed E-state index contributed by atoms with van der Waals surface area (Å²) in [4.78, 5) is 0. The lowest BCUT2D eigenvalue weighted by Gasteiger charge is -2.22. The zero-order valence-electron chi connectivity index (χ0n) is 8.79. The highest BCUT2D eigenvalue weighted by atomic mass is 16.5. The fourth-order valence-corrected chi connectivity index (χ4v) is 2.14. The highest BCUT2D eigenvalue weighted by Crippen LogP contribution is 2.52. The van der Waals surface area contributed by atoms with Crippen LogP contribution in [0.1, 0.15) is 25.3 Å². The Kier molecular flexibility index (Phi) is 2.23. The summed E-state index contributed by atoms with van der Waals surface area (Å²) in [7, 11) is 1.77. The van der Waals surface area contributed by atoms with Gasteiger partial charge in [0.2, 0.25) is 0 Å². The zero-order chi connectivity index (χ0) is 10.2. The summed E-state index contributed by atoms with van der Waals surface area (Å²) in [5.74, 6) is 0. The molecule has 1 aromatic rings. The molecule has 2 N–H and O–H groups in total. The molecule has 1 fully saturated rings. The lowest BCUT2D eigenvalue weighted by Crippen LogP contribution is -2.24. The Morgan fingerprint density at radius 2 is 2.14 bits per heavy atom. The van der Waals surface area contributed by atoms with Gasteiger partial charge in [0, 0.05) is 18.2 Å². The maximum Gasteiger partial charge on any atom is 0.0639 e. The Bertz CT molecular complexity index is 331. The van der Waals surface area contributed by atoms with Crippen molar-refractivity contribution in [2.75, 3.05) is 12.8 Å². The number of nitrogens with two attached hydrogens (primary N) is 1. The first-order valence-corrected chi connectivity index (χ1v) is 5.08. The van der Waals surface area contributed by atoms with E-state index in [1.807, 2.05) is 12.1 Å². The van der Waals surface area contributed by atoms with Crippen molar-refractivity contribution in [2.45, 2.75) is 31.3 Å². The molecule has 0 heterocycles. The largest absolute Gasteiger partial charge is 0.399 e. The molecule has 0 aromatic heterocycles. The van der Waals surface area contributed by atoms with Crippen LogP contribution in [0.4, 0.5) is 5.69 Å². The normalized spacial score (nSPS) is 20.4. The molecule has 0 bridgehead atoms. The Morgan fingerprint density at radius 1 is 1.43 bits per heavy atom. The van der Waals surface area contributed by atoms with Gasteiger partial charge in [-0.25, -0.2) is 0 Å². The van der Waals surface area contributed by atoms with Crippen LogP contribution in [0, 0.1) is 0 Å². The predicted octanol–water partition coefficient (Wildman–Crippen LogP) is 2.34. The van der Waals surface area contributed by atoms with Gasteiger partial charge in [0.25, 0.3) is 0 Å². The van der Waals surface area contributed by atoms with Crippen molar-refractivity contribution in [2.24, 2.45) is 0 Å². The number of nitrogen functional groups attached to an aromatic ring is 1. The van der Waals surface area contributed by atoms with Crippen molar-refractivity contribution in [3.05, 3.63) is 29.8 Å². The predicted molar refractivity (Wildman–Crippen MR) is 58.2 cm³/mol. The van der Waals surface area contributed by atoms with Crippen molar-refractivity contribution in [1.29, 1.82) is 0 Å². The van der Waals surface area contributed by atoms with Crippen LogP contribution in [-0.2, 0) is 10.2 Å². The Hall–Kier alpha value is -1.02. The van der Waals surface area contributed by atoms with Crippen molar-refractivity contribution >= 4 is 5.69 Å². The zero-order valence-corrected chi connectivity index (χ0v) is 8.79. The second-order valence-electron chi connectivity index (χ2n) is 4.16. The minimum atomic E-state index is 0.240. The van der Waals surface area contributed by atoms with E-state index in [0.717, 1.165) is 5.69 Å². The van der Waals surface area contributed by atoms with Crippen LogP contribution < -0.4 is 5.73 Å². The lowest BCUT2D eigenvalue weighted by molar-refractivity contribution is 0.0850. The molecule has 2 nitrogen and oxygen atoms in total. The summed E-state index contributed by atoms with van der Waals surface area (Å²) < 4.78 is 5.43. The van der Waals surface area contributed by atoms with E-state index in [0.29, 0.717) is 0 Å². The molecule has 0 saturated heterocycles. The second-order valence-corrected chi connectivity index (χ2v) is 4.16. The number of hydrogen-bond acceptors (Lipinski definition) is 2. The molecule has 0 amide bonds. The van der Waals surface area contributed by atoms with Crippen molar-refractivity contribution in [1.82, 2.24) is 0 Å². The first kappa shape index (κ1) is 9.53. The quantitative estimate of drug-likeness (QED) is 0.744. The van der Waals surface area contributed by atoms with Crippen molar-refractivity contribution in [3.8, 4) is 0 Å². The number of rotatable bonds is 3. The summed E-state index contributed by atoms with van der Waals surface area (Å²) >= 11 is 0. The van der Waals surface area contributed by atoms with Crippen LogP contribution in [-0.4, -0.2) is 13.2 Å². The van der Waals surface area contributed by atoms with E-state index < -0.39 is 0 Å². The van der Waals surface area contributed by atoms with Crippen LogP contribution in [0.2, 0.25) is 0 Å². The van der Waals surface area contributed by atoms with Gasteiger partial charge in [0.05, 0.1) is 6.10 Å². The van der Waals surface area contributed by atoms with Gasteiger partial charge in [0.15, 0.2) is 0 Å². The fraction of sp³-hybridized carbons (Fsp3) is 0.500. The van der Waals surface area contributed by atoms with Crippen LogP contribution in [0.3, 0.4) is 0 Å². The monoisotopic (exact) mass is 191 g/mol. The summed E-state index contributed by atoms with van der Waals surface area (Å²) in [5, 5.41) is 0. The van der Waals surface area contributed by atoms with E-state index in [2.05, 4.69) is 19.1 Å². The molecule has 0 spiro atoms. The third-order valence-corrected chi connectivity index (χ3v) is 3.38. The summed E-state index contributed by atoms with van der Waals surface area (Å²) in [6.07, 6.45) is 2.71. The SMILES string of the molecule is COC(C)C1(c2cccc(N)c2)CC1. The molecular formula is C12H17NO. The van der Waals surface area contributed by atoms with E-state index in [4.69, 9.17) is 10.5 Å². The van der Waals surface area contributed by atoms with Gasteiger partial charge < -0.3 is 10.5 Å². The minimum absolute atomic E-state index is 0.240. The Labute approximate surface area is 85.1 Å². The van der Waals surface area contributed by atoms with Gasteiger partial charge in [-0.3, -0.25) is 0 Å². The first-order chi connectivity index (χ1) is 6.69. The van der Waals surface area contributed by atoms with Gasteiger partial charge in [-0.2, -0.15) is 0 Å². The van der Waals surface area contributed by atoms with E-state index in [-0.39, 0.29) is 11.5 Å². The smallest absolute Gasteiger partial charge is 0.0639 e. The Morgan fingerprint density at radius 3 is 2.64 bits per heavy atom. The molecule has 1 aliphatic carbocycles. The average molecular weight is 191 g/mol. The fourth-order valence-electron chi connectivity index (χ4n) is 2.14. The standard InChI is InChI=1S/C12H17NO/c1-9(14-2)12(6-7-12)10-4-3-5-11(13)8-10/h3-5,8-9H,6-7,13H2,1-2H3. The average Bonchev–Trinajstić information content (AvgIpc) is 2.97. The number of benzene rings is 1. The van der Waals surface area contributed by atoms with E-state index >= 15 is 0 Å². The second kappa shape index (κ2) is 3.28. The van der Waals surface area contributed by atoms with Gasteiger partial charge in [0.1, 0.15) is 0 Å². The molecule has 1 aromatic carbocycles. The molecule has 1 aliphatic rings. The highest BCUT2D eigenvalue weighted by Gasteiger charge is 2.49. The number of hydrogen-bond donors (Lipinski definition) is 1. The van der Waals surface area contributed by atoms with Crippen molar-refractivity contribution < 1.29 is 4.74 Å². The molecule has 2 rings (SSSR count). The molecule has 2 heteroatoms. The summed E-state index contributed by atoms with van der Waals surface area (Å²) in [5.41, 5.74) is 8.19. The van der Waals surface area contributed by atoms with Crippen molar-refractivity contribution in [3.63, 3.8) is 0 Å². The van der Waals surface area contributed by atoms with Gasteiger partial charge >= 0.3 is 0 Å². The van der Waals surface area contributed by atoms with E-state index in [1.165, 1.54) is 18.4 Å². The van der Waals surface area contributed by atoms with Crippen LogP contribution in [0.25, 0.3) is 0 Å². The lowest BCUT2D eigenvalue weighted by atomic mass is 9.90. The van der Waals surface area contributed by atoms with Gasteiger partial charge in [-0.05, 0) is 37.5 Å². The molecule has 0 aliphatic heterocycles. The number of ether oxygens (including phenoxy) is 1. The molecule has 0 radical (unpaired) electrons. The molecule has 1 saturated carbocycles. The molecule has 76 valence electrons. The third-order valence-electron chi connectivity index (χ3n) is 3.38. The summed E-state index contributed by atoms with van der Waals surface area (Å²) in [6.45, 7) is 2.14. The maximum atomic E-state index is 5.78. The van der Waals surface area contributed by atoms with Crippen LogP contribution in [0.15, 0.2) is 24.3 Å². The van der Waals surface area contributed by atoms with Gasteiger partial charge in [-0.15, -0.1) is 0 Å². The molecular weight excluding hydrogens is 174 g/mol. The minimum Gasteiger partial charge on any atom is -0.399 e. The third kappa shape index (κ3) is 1.40. The summed E-state index contributed by atoms with van der Waals surface area (Å²) in [6, 6.07) is 8.17.